The number of fused-ring (bicyclic) bond motifs is 1. The summed E-state index contributed by atoms with van der Waals surface area (Å²) < 4.78 is 11.9. The summed E-state index contributed by atoms with van der Waals surface area (Å²) in [6, 6.07) is 6.94. The summed E-state index contributed by atoms with van der Waals surface area (Å²) in [7, 11) is 0. The standard InChI is InChI=1S/C18H27NO2/c1-2-19-17(13-15-9-3-4-11-20-15)16-10-5-7-14-8-6-12-21-18(14)16/h5,7,10,15,17,19H,2-4,6,8-9,11-13H2,1H3. The molecule has 21 heavy (non-hydrogen) atoms. The third kappa shape index (κ3) is 3.58. The molecule has 3 rings (SSSR count). The average molecular weight is 289 g/mol. The number of nitrogens with one attached hydrogen (secondary N) is 1. The van der Waals surface area contributed by atoms with E-state index in [1.807, 2.05) is 0 Å². The van der Waals surface area contributed by atoms with Crippen molar-refractivity contribution in [1.82, 2.24) is 5.32 Å². The summed E-state index contributed by atoms with van der Waals surface area (Å²) in [6.45, 7) is 4.92. The van der Waals surface area contributed by atoms with Crippen LogP contribution in [0.15, 0.2) is 18.2 Å². The number of para-hydroxylation sites is 1. The van der Waals surface area contributed by atoms with Crippen LogP contribution in [0, 0.1) is 0 Å². The fourth-order valence-corrected chi connectivity index (χ4v) is 3.51. The van der Waals surface area contributed by atoms with Crippen LogP contribution in [0.25, 0.3) is 0 Å². The monoisotopic (exact) mass is 289 g/mol. The summed E-state index contributed by atoms with van der Waals surface area (Å²) >= 11 is 0. The predicted octanol–water partition coefficient (Wildman–Crippen LogP) is 3.62. The van der Waals surface area contributed by atoms with E-state index in [1.54, 1.807) is 0 Å². The predicted molar refractivity (Wildman–Crippen MR) is 84.9 cm³/mol. The van der Waals surface area contributed by atoms with Gasteiger partial charge >= 0.3 is 0 Å². The van der Waals surface area contributed by atoms with Gasteiger partial charge in [0.1, 0.15) is 5.75 Å². The number of rotatable bonds is 5. The quantitative estimate of drug-likeness (QED) is 0.898. The molecule has 0 spiro atoms. The van der Waals surface area contributed by atoms with Crippen LogP contribution in [0.5, 0.6) is 5.75 Å². The van der Waals surface area contributed by atoms with Crippen molar-refractivity contribution in [2.75, 3.05) is 19.8 Å². The smallest absolute Gasteiger partial charge is 0.127 e. The van der Waals surface area contributed by atoms with Gasteiger partial charge in [0.15, 0.2) is 0 Å². The van der Waals surface area contributed by atoms with Gasteiger partial charge in [0, 0.05) is 18.2 Å². The van der Waals surface area contributed by atoms with Crippen LogP contribution in [-0.4, -0.2) is 25.9 Å². The molecule has 0 amide bonds. The van der Waals surface area contributed by atoms with E-state index < -0.39 is 0 Å². The maximum atomic E-state index is 5.99. The Bertz CT molecular complexity index is 455. The number of aryl methyl sites for hydroxylation is 1. The lowest BCUT2D eigenvalue weighted by Gasteiger charge is -2.30. The van der Waals surface area contributed by atoms with E-state index in [2.05, 4.69) is 30.4 Å². The Hall–Kier alpha value is -1.06. The van der Waals surface area contributed by atoms with Crippen molar-refractivity contribution in [2.45, 2.75) is 57.6 Å². The molecule has 0 aromatic heterocycles. The highest BCUT2D eigenvalue weighted by Crippen LogP contribution is 2.35. The van der Waals surface area contributed by atoms with Gasteiger partial charge in [0.05, 0.1) is 12.7 Å². The maximum Gasteiger partial charge on any atom is 0.127 e. The van der Waals surface area contributed by atoms with Gasteiger partial charge in [-0.2, -0.15) is 0 Å². The minimum atomic E-state index is 0.339. The first-order chi connectivity index (χ1) is 10.4. The molecule has 0 radical (unpaired) electrons. The zero-order chi connectivity index (χ0) is 14.5. The second-order valence-corrected chi connectivity index (χ2v) is 6.12. The molecule has 116 valence electrons. The van der Waals surface area contributed by atoms with Gasteiger partial charge in [0.25, 0.3) is 0 Å². The van der Waals surface area contributed by atoms with Crippen molar-refractivity contribution in [3.05, 3.63) is 29.3 Å². The number of ether oxygens (including phenoxy) is 2. The zero-order valence-electron chi connectivity index (χ0n) is 13.1. The largest absolute Gasteiger partial charge is 0.493 e. The van der Waals surface area contributed by atoms with Gasteiger partial charge in [0.2, 0.25) is 0 Å². The molecule has 1 fully saturated rings. The highest BCUT2D eigenvalue weighted by Gasteiger charge is 2.24. The van der Waals surface area contributed by atoms with E-state index >= 15 is 0 Å². The molecule has 1 saturated heterocycles. The number of hydrogen-bond donors (Lipinski definition) is 1. The molecule has 0 saturated carbocycles. The van der Waals surface area contributed by atoms with Crippen molar-refractivity contribution in [3.63, 3.8) is 0 Å². The highest BCUT2D eigenvalue weighted by atomic mass is 16.5. The molecule has 3 nitrogen and oxygen atoms in total. The van der Waals surface area contributed by atoms with Gasteiger partial charge in [-0.15, -0.1) is 0 Å². The molecule has 0 aliphatic carbocycles. The maximum absolute atomic E-state index is 5.99. The Kier molecular flexibility index (Phi) is 5.15. The van der Waals surface area contributed by atoms with Gasteiger partial charge in [-0.1, -0.05) is 25.1 Å². The molecule has 2 aliphatic heterocycles. The molecule has 1 aromatic carbocycles. The van der Waals surface area contributed by atoms with Crippen LogP contribution in [-0.2, 0) is 11.2 Å². The molecule has 1 N–H and O–H groups in total. The average Bonchev–Trinajstić information content (AvgIpc) is 2.55. The van der Waals surface area contributed by atoms with Crippen molar-refractivity contribution >= 4 is 0 Å². The van der Waals surface area contributed by atoms with E-state index in [1.165, 1.54) is 30.4 Å². The Morgan fingerprint density at radius 2 is 2.19 bits per heavy atom. The van der Waals surface area contributed by atoms with Crippen LogP contribution < -0.4 is 10.1 Å². The van der Waals surface area contributed by atoms with Gasteiger partial charge < -0.3 is 14.8 Å². The second-order valence-electron chi connectivity index (χ2n) is 6.12. The molecular weight excluding hydrogens is 262 g/mol. The molecular formula is C18H27NO2. The van der Waals surface area contributed by atoms with E-state index in [0.29, 0.717) is 12.1 Å². The fraction of sp³-hybridized carbons (Fsp3) is 0.667. The Labute approximate surface area is 128 Å². The van der Waals surface area contributed by atoms with Crippen molar-refractivity contribution in [2.24, 2.45) is 0 Å². The second kappa shape index (κ2) is 7.28. The van der Waals surface area contributed by atoms with E-state index in [9.17, 15) is 0 Å². The lowest BCUT2D eigenvalue weighted by Crippen LogP contribution is -2.29. The van der Waals surface area contributed by atoms with Crippen molar-refractivity contribution in [1.29, 1.82) is 0 Å². The first-order valence-corrected chi connectivity index (χ1v) is 8.48. The number of hydrogen-bond acceptors (Lipinski definition) is 3. The lowest BCUT2D eigenvalue weighted by atomic mass is 9.93. The van der Waals surface area contributed by atoms with Crippen LogP contribution in [0.2, 0.25) is 0 Å². The molecule has 1 aromatic rings. The summed E-state index contributed by atoms with van der Waals surface area (Å²) in [5, 5.41) is 3.64. The Morgan fingerprint density at radius 3 is 3.00 bits per heavy atom. The summed E-state index contributed by atoms with van der Waals surface area (Å²) in [5.41, 5.74) is 2.69. The fourth-order valence-electron chi connectivity index (χ4n) is 3.51. The van der Waals surface area contributed by atoms with E-state index in [-0.39, 0.29) is 0 Å². The SMILES string of the molecule is CCNC(CC1CCCCO1)c1cccc2c1OCCC2. The van der Waals surface area contributed by atoms with E-state index in [0.717, 1.165) is 44.8 Å². The van der Waals surface area contributed by atoms with Crippen LogP contribution in [0.1, 0.15) is 56.2 Å². The lowest BCUT2D eigenvalue weighted by molar-refractivity contribution is 0.00496. The van der Waals surface area contributed by atoms with Crippen LogP contribution >= 0.6 is 0 Å². The number of benzene rings is 1. The van der Waals surface area contributed by atoms with Crippen molar-refractivity contribution in [3.8, 4) is 5.75 Å². The molecule has 2 heterocycles. The molecule has 2 aliphatic rings. The Balaban J connectivity index is 1.79. The summed E-state index contributed by atoms with van der Waals surface area (Å²) in [4.78, 5) is 0. The Morgan fingerprint density at radius 1 is 1.24 bits per heavy atom. The van der Waals surface area contributed by atoms with Gasteiger partial charge in [-0.25, -0.2) is 0 Å². The first-order valence-electron chi connectivity index (χ1n) is 8.48. The molecule has 3 heteroatoms. The summed E-state index contributed by atoms with van der Waals surface area (Å²) in [5.74, 6) is 1.13. The zero-order valence-corrected chi connectivity index (χ0v) is 13.1. The minimum Gasteiger partial charge on any atom is -0.493 e. The molecule has 2 unspecified atom stereocenters. The van der Waals surface area contributed by atoms with Crippen LogP contribution in [0.3, 0.4) is 0 Å². The minimum absolute atomic E-state index is 0.339. The third-order valence-electron chi connectivity index (χ3n) is 4.56. The molecule has 2 atom stereocenters. The van der Waals surface area contributed by atoms with Gasteiger partial charge in [-0.3, -0.25) is 0 Å². The summed E-state index contributed by atoms with van der Waals surface area (Å²) in [6.07, 6.45) is 7.42. The van der Waals surface area contributed by atoms with Crippen molar-refractivity contribution < 1.29 is 9.47 Å². The normalized spacial score (nSPS) is 23.2. The van der Waals surface area contributed by atoms with Gasteiger partial charge in [-0.05, 0) is 50.6 Å². The topological polar surface area (TPSA) is 30.5 Å². The molecule has 0 bridgehead atoms. The highest BCUT2D eigenvalue weighted by molar-refractivity contribution is 5.44. The third-order valence-corrected chi connectivity index (χ3v) is 4.56. The van der Waals surface area contributed by atoms with Crippen LogP contribution in [0.4, 0.5) is 0 Å². The van der Waals surface area contributed by atoms with E-state index in [4.69, 9.17) is 9.47 Å². The first kappa shape index (κ1) is 14.9.